The molecule has 2 aliphatic rings. The van der Waals surface area contributed by atoms with Crippen molar-refractivity contribution < 1.29 is 32.5 Å². The molecule has 232 valence electrons. The number of aryl methyl sites for hydroxylation is 1. The fraction of sp³-hybridized carbons (Fsp3) is 0.444. The zero-order chi connectivity index (χ0) is 31.4. The van der Waals surface area contributed by atoms with Crippen LogP contribution in [0.5, 0.6) is 0 Å². The van der Waals surface area contributed by atoms with Crippen LogP contribution in [0.25, 0.3) is 11.0 Å². The fourth-order valence-electron chi connectivity index (χ4n) is 5.30. The second-order valence-corrected chi connectivity index (χ2v) is 11.3. The lowest BCUT2D eigenvalue weighted by atomic mass is 9.84. The molecule has 3 aromatic rings. The van der Waals surface area contributed by atoms with Gasteiger partial charge in [0.25, 0.3) is 10.1 Å². The molecule has 15 nitrogen and oxygen atoms in total. The number of piperazine rings is 2. The summed E-state index contributed by atoms with van der Waals surface area (Å²) in [5.41, 5.74) is -1.42. The van der Waals surface area contributed by atoms with Crippen molar-refractivity contribution in [2.75, 3.05) is 57.8 Å². The number of carbonyl (C=O) groups excluding carboxylic acids is 1. The van der Waals surface area contributed by atoms with Crippen molar-refractivity contribution in [2.45, 2.75) is 30.8 Å². The van der Waals surface area contributed by atoms with E-state index in [4.69, 9.17) is 9.94 Å². The second kappa shape index (κ2) is 13.2. The summed E-state index contributed by atoms with van der Waals surface area (Å²) in [5, 5.41) is 17.2. The van der Waals surface area contributed by atoms with Crippen LogP contribution in [0.15, 0.2) is 46.3 Å². The van der Waals surface area contributed by atoms with E-state index in [1.165, 1.54) is 49.7 Å². The highest BCUT2D eigenvalue weighted by Gasteiger charge is 2.48. The fourth-order valence-corrected chi connectivity index (χ4v) is 6.07. The molecule has 0 aliphatic carbocycles. The molecule has 2 aliphatic heterocycles. The number of Topliss-reactive ketones (excluding diaryl/α,β-unsaturated/α-hetero) is 1. The molecule has 0 amide bonds. The maximum atomic E-state index is 12.3. The first kappa shape index (κ1) is 32.1. The Hall–Kier alpha value is -3.80. The molecule has 2 aromatic heterocycles. The summed E-state index contributed by atoms with van der Waals surface area (Å²) in [5.74, 6) is -0.938. The molecule has 43 heavy (non-hydrogen) atoms. The average molecular weight is 618 g/mol. The Kier molecular flexibility index (Phi) is 9.89. The summed E-state index contributed by atoms with van der Waals surface area (Å²) < 4.78 is 34.4. The third-order valence-corrected chi connectivity index (χ3v) is 8.40. The molecule has 1 aromatic carbocycles. The van der Waals surface area contributed by atoms with Gasteiger partial charge in [0.15, 0.2) is 5.78 Å². The summed E-state index contributed by atoms with van der Waals surface area (Å²) in [4.78, 5) is 51.5. The minimum Gasteiger partial charge on any atom is -0.477 e. The zero-order valence-electron chi connectivity index (χ0n) is 24.1. The topological polar surface area (TPSA) is 196 Å². The van der Waals surface area contributed by atoms with Crippen LogP contribution in [0, 0.1) is 0 Å². The first-order valence-corrected chi connectivity index (χ1v) is 15.1. The van der Waals surface area contributed by atoms with Crippen molar-refractivity contribution in [3.05, 3.63) is 58.0 Å². The van der Waals surface area contributed by atoms with Crippen molar-refractivity contribution in [1.29, 1.82) is 0 Å². The van der Waals surface area contributed by atoms with Gasteiger partial charge in [-0.05, 0) is 19.9 Å². The Labute approximate surface area is 248 Å². The lowest BCUT2D eigenvalue weighted by molar-refractivity contribution is -0.214. The maximum Gasteiger partial charge on any atom is 0.341 e. The number of nitrogens with zero attached hydrogens (tertiary/aromatic N) is 5. The average Bonchev–Trinajstić information content (AvgIpc) is 3.01. The summed E-state index contributed by atoms with van der Waals surface area (Å²) in [7, 11) is -3.02. The van der Waals surface area contributed by atoms with Gasteiger partial charge in [-0.15, -0.1) is 0 Å². The minimum atomic E-state index is -4.45. The quantitative estimate of drug-likeness (QED) is 0.261. The SMILES string of the molecule is CCn1cc(C(=O)O)c(=O)c2cnc(N3CCNCC3)nc21.CON1CCNCC1(C(C)=O)c1ccccc1S(=O)(=O)O. The van der Waals surface area contributed by atoms with E-state index in [9.17, 15) is 27.4 Å². The van der Waals surface area contributed by atoms with Gasteiger partial charge < -0.3 is 30.0 Å². The number of fused-ring (bicyclic) bond motifs is 1. The van der Waals surface area contributed by atoms with Crippen LogP contribution in [0.1, 0.15) is 29.8 Å². The monoisotopic (exact) mass is 617 g/mol. The number of pyridine rings is 1. The van der Waals surface area contributed by atoms with Crippen LogP contribution in [-0.4, -0.2) is 102 Å². The Morgan fingerprint density at radius 2 is 1.79 bits per heavy atom. The van der Waals surface area contributed by atoms with Gasteiger partial charge in [-0.25, -0.2) is 9.78 Å². The molecule has 5 rings (SSSR count). The second-order valence-electron chi connectivity index (χ2n) is 9.96. The number of ketones is 1. The van der Waals surface area contributed by atoms with E-state index in [-0.39, 0.29) is 33.7 Å². The molecule has 4 N–H and O–H groups in total. The van der Waals surface area contributed by atoms with E-state index in [0.29, 0.717) is 31.2 Å². The van der Waals surface area contributed by atoms with E-state index >= 15 is 0 Å². The molecular weight excluding hydrogens is 582 g/mol. The van der Waals surface area contributed by atoms with E-state index in [1.807, 2.05) is 11.8 Å². The summed E-state index contributed by atoms with van der Waals surface area (Å²) >= 11 is 0. The Morgan fingerprint density at radius 3 is 2.40 bits per heavy atom. The molecule has 1 atom stereocenters. The Morgan fingerprint density at radius 1 is 1.12 bits per heavy atom. The number of aromatic nitrogens is 3. The maximum absolute atomic E-state index is 12.3. The molecule has 1 unspecified atom stereocenters. The van der Waals surface area contributed by atoms with Gasteiger partial charge >= 0.3 is 5.97 Å². The van der Waals surface area contributed by atoms with Crippen LogP contribution >= 0.6 is 0 Å². The zero-order valence-corrected chi connectivity index (χ0v) is 24.9. The van der Waals surface area contributed by atoms with E-state index in [2.05, 4.69) is 20.6 Å². The number of carboxylic acid groups (broad SMARTS) is 1. The standard InChI is InChI=1S/C14H17N5O3.C13H18N2O5S/c1-2-18-8-10(13(21)22)11(20)9-7-16-14(17-12(9)18)19-5-3-15-4-6-19;1-10(16)13(9-14-7-8-15(13)20-2)11-5-3-4-6-12(11)21(17,18)19/h7-8,15H,2-6H2,1H3,(H,21,22);3-6,14H,7-9H2,1-2H3,(H,17,18,19). The third-order valence-electron chi connectivity index (χ3n) is 7.48. The molecule has 16 heteroatoms. The molecule has 4 heterocycles. The number of carbonyl (C=O) groups is 2. The summed E-state index contributed by atoms with van der Waals surface area (Å²) in [6, 6.07) is 5.91. The van der Waals surface area contributed by atoms with Gasteiger partial charge in [0, 0.05) is 70.3 Å². The van der Waals surface area contributed by atoms with Crippen molar-refractivity contribution in [1.82, 2.24) is 30.2 Å². The van der Waals surface area contributed by atoms with Crippen molar-refractivity contribution in [3.63, 3.8) is 0 Å². The molecule has 0 bridgehead atoms. The van der Waals surface area contributed by atoms with Crippen molar-refractivity contribution >= 4 is 38.9 Å². The smallest absolute Gasteiger partial charge is 0.341 e. The number of anilines is 1. The number of hydroxylamine groups is 2. The number of hydrogen-bond acceptors (Lipinski definition) is 12. The molecule has 2 saturated heterocycles. The molecule has 0 saturated carbocycles. The minimum absolute atomic E-state index is 0.197. The van der Waals surface area contributed by atoms with Gasteiger partial charge in [0.2, 0.25) is 11.4 Å². The lowest BCUT2D eigenvalue weighted by Crippen LogP contribution is -2.62. The van der Waals surface area contributed by atoms with E-state index in [0.717, 1.165) is 26.2 Å². The van der Waals surface area contributed by atoms with Crippen LogP contribution in [0.4, 0.5) is 5.95 Å². The van der Waals surface area contributed by atoms with Gasteiger partial charge in [-0.1, -0.05) is 18.2 Å². The highest BCUT2D eigenvalue weighted by atomic mass is 32.2. The van der Waals surface area contributed by atoms with Gasteiger partial charge in [-0.2, -0.15) is 18.5 Å². The third kappa shape index (κ3) is 6.43. The predicted molar refractivity (Wildman–Crippen MR) is 157 cm³/mol. The predicted octanol–water partition coefficient (Wildman–Crippen LogP) is 0.103. The van der Waals surface area contributed by atoms with E-state index in [1.54, 1.807) is 10.6 Å². The summed E-state index contributed by atoms with van der Waals surface area (Å²) in [6.45, 7) is 8.32. The van der Waals surface area contributed by atoms with Gasteiger partial charge in [0.05, 0.1) is 17.4 Å². The number of aromatic carboxylic acids is 1. The lowest BCUT2D eigenvalue weighted by Gasteiger charge is -2.44. The first-order chi connectivity index (χ1) is 20.4. The highest BCUT2D eigenvalue weighted by Crippen LogP contribution is 2.35. The largest absolute Gasteiger partial charge is 0.477 e. The molecular formula is C27H35N7O8S. The Balaban J connectivity index is 0.000000197. The van der Waals surface area contributed by atoms with Crippen molar-refractivity contribution in [3.8, 4) is 0 Å². The van der Waals surface area contributed by atoms with Crippen LogP contribution in [0.2, 0.25) is 0 Å². The normalized spacial score (nSPS) is 19.5. The van der Waals surface area contributed by atoms with Crippen molar-refractivity contribution in [2.24, 2.45) is 0 Å². The van der Waals surface area contributed by atoms with E-state index < -0.39 is 27.1 Å². The number of benzene rings is 1. The number of nitrogens with one attached hydrogen (secondary N) is 2. The molecule has 0 radical (unpaired) electrons. The van der Waals surface area contributed by atoms with Crippen LogP contribution in [-0.2, 0) is 31.8 Å². The Bertz CT molecular complexity index is 1670. The van der Waals surface area contributed by atoms with Crippen LogP contribution in [0.3, 0.4) is 0 Å². The number of carboxylic acids is 1. The summed E-state index contributed by atoms with van der Waals surface area (Å²) in [6.07, 6.45) is 2.78. The van der Waals surface area contributed by atoms with Crippen LogP contribution < -0.4 is 21.0 Å². The van der Waals surface area contributed by atoms with Gasteiger partial charge in [-0.3, -0.25) is 14.1 Å². The first-order valence-electron chi connectivity index (χ1n) is 13.6. The van der Waals surface area contributed by atoms with Gasteiger partial charge in [0.1, 0.15) is 16.7 Å². The number of hydrogen-bond donors (Lipinski definition) is 4. The number of rotatable bonds is 7. The highest BCUT2D eigenvalue weighted by molar-refractivity contribution is 7.85. The molecule has 0 spiro atoms. The molecule has 2 fully saturated rings.